The number of thiophene rings is 1. The fraction of sp³-hybridized carbons (Fsp3) is 0.0909. The fourth-order valence-electron chi connectivity index (χ4n) is 1.20. The van der Waals surface area contributed by atoms with Gasteiger partial charge in [0.25, 0.3) is 0 Å². The van der Waals surface area contributed by atoms with Crippen LogP contribution in [-0.2, 0) is 0 Å². The predicted octanol–water partition coefficient (Wildman–Crippen LogP) is 3.80. The van der Waals surface area contributed by atoms with Gasteiger partial charge in [-0.2, -0.15) is 0 Å². The van der Waals surface area contributed by atoms with Crippen LogP contribution in [0.3, 0.4) is 0 Å². The topological polar surface area (TPSA) is 12.0 Å². The normalized spacial score (nSPS) is 9.92. The highest BCUT2D eigenvalue weighted by atomic mass is 32.1. The summed E-state index contributed by atoms with van der Waals surface area (Å²) in [5.74, 6) is 0. The second kappa shape index (κ2) is 3.62. The van der Waals surface area contributed by atoms with E-state index in [1.165, 1.54) is 10.6 Å². The van der Waals surface area contributed by atoms with E-state index in [4.69, 9.17) is 0 Å². The van der Waals surface area contributed by atoms with Crippen molar-refractivity contribution in [3.8, 4) is 0 Å². The summed E-state index contributed by atoms with van der Waals surface area (Å²) < 4.78 is 0. The molecule has 13 heavy (non-hydrogen) atoms. The van der Waals surface area contributed by atoms with E-state index in [-0.39, 0.29) is 0 Å². The maximum absolute atomic E-state index is 3.34. The molecule has 0 aliphatic carbocycles. The van der Waals surface area contributed by atoms with Gasteiger partial charge in [-0.1, -0.05) is 18.2 Å². The average Bonchev–Trinajstić information content (AvgIpc) is 2.53. The van der Waals surface area contributed by atoms with Gasteiger partial charge >= 0.3 is 0 Å². The van der Waals surface area contributed by atoms with Crippen LogP contribution in [0.2, 0.25) is 0 Å². The molecule has 1 aromatic heterocycles. The number of rotatable bonds is 2. The van der Waals surface area contributed by atoms with Crippen molar-refractivity contribution < 1.29 is 0 Å². The van der Waals surface area contributed by atoms with E-state index in [0.717, 1.165) is 5.69 Å². The van der Waals surface area contributed by atoms with Gasteiger partial charge in [0.15, 0.2) is 0 Å². The predicted molar refractivity (Wildman–Crippen MR) is 58.8 cm³/mol. The van der Waals surface area contributed by atoms with Crippen molar-refractivity contribution in [1.82, 2.24) is 0 Å². The Kier molecular flexibility index (Phi) is 2.32. The van der Waals surface area contributed by atoms with Gasteiger partial charge in [0.05, 0.1) is 0 Å². The first-order chi connectivity index (χ1) is 6.34. The lowest BCUT2D eigenvalue weighted by molar-refractivity contribution is 1.56. The smallest absolute Gasteiger partial charge is 0.0495 e. The molecule has 2 rings (SSSR count). The van der Waals surface area contributed by atoms with E-state index in [9.17, 15) is 0 Å². The molecule has 0 atom stereocenters. The Morgan fingerprint density at radius 3 is 2.46 bits per heavy atom. The molecule has 0 aliphatic rings. The number of hydrogen-bond acceptors (Lipinski definition) is 2. The van der Waals surface area contributed by atoms with E-state index < -0.39 is 0 Å². The van der Waals surface area contributed by atoms with Crippen LogP contribution >= 0.6 is 11.3 Å². The summed E-state index contributed by atoms with van der Waals surface area (Å²) in [5, 5.41) is 5.46. The van der Waals surface area contributed by atoms with Crippen LogP contribution in [0.25, 0.3) is 0 Å². The van der Waals surface area contributed by atoms with Crippen molar-refractivity contribution in [3.05, 3.63) is 46.7 Å². The third-order valence-electron chi connectivity index (χ3n) is 1.79. The molecule has 2 aromatic rings. The minimum absolute atomic E-state index is 1.14. The molecule has 0 unspecified atom stereocenters. The number of aryl methyl sites for hydroxylation is 1. The Bertz CT molecular complexity index is 378. The van der Waals surface area contributed by atoms with Gasteiger partial charge in [-0.05, 0) is 25.1 Å². The zero-order valence-corrected chi connectivity index (χ0v) is 8.27. The molecule has 0 radical (unpaired) electrons. The van der Waals surface area contributed by atoms with Gasteiger partial charge in [0.2, 0.25) is 0 Å². The molecule has 0 amide bonds. The molecule has 1 aromatic carbocycles. The minimum atomic E-state index is 1.14. The minimum Gasteiger partial charge on any atom is -0.355 e. The van der Waals surface area contributed by atoms with Gasteiger partial charge in [-0.25, -0.2) is 0 Å². The number of para-hydroxylation sites is 1. The maximum atomic E-state index is 3.34. The molecule has 0 bridgehead atoms. The molecule has 1 heterocycles. The Morgan fingerprint density at radius 1 is 1.08 bits per heavy atom. The first-order valence-corrected chi connectivity index (χ1v) is 5.10. The molecule has 0 aliphatic heterocycles. The van der Waals surface area contributed by atoms with Crippen LogP contribution in [0.15, 0.2) is 41.8 Å². The number of benzene rings is 1. The molecule has 0 spiro atoms. The first kappa shape index (κ1) is 8.32. The second-order valence-electron chi connectivity index (χ2n) is 2.94. The highest BCUT2D eigenvalue weighted by Gasteiger charge is 1.95. The lowest BCUT2D eigenvalue weighted by Crippen LogP contribution is -1.85. The Morgan fingerprint density at radius 2 is 1.85 bits per heavy atom. The first-order valence-electron chi connectivity index (χ1n) is 4.22. The van der Waals surface area contributed by atoms with Gasteiger partial charge in [-0.15, -0.1) is 11.3 Å². The SMILES string of the molecule is Cc1cc(Nc2ccccc2)[13cH]s1. The number of anilines is 2. The standard InChI is InChI=1S/C11H11NS/c1-9-7-11(8-13-9)12-10-5-3-2-4-6-10/h2-8,12H,1H3/i8+1. The molecular weight excluding hydrogens is 179 g/mol. The molecule has 66 valence electrons. The van der Waals surface area contributed by atoms with Crippen LogP contribution in [0.4, 0.5) is 11.4 Å². The lowest BCUT2D eigenvalue weighted by Gasteiger charge is -2.01. The van der Waals surface area contributed by atoms with Crippen LogP contribution in [-0.4, -0.2) is 0 Å². The molecule has 0 fully saturated rings. The summed E-state index contributed by atoms with van der Waals surface area (Å²) in [5.41, 5.74) is 2.31. The van der Waals surface area contributed by atoms with E-state index in [0.29, 0.717) is 0 Å². The fourth-order valence-corrected chi connectivity index (χ4v) is 1.83. The van der Waals surface area contributed by atoms with Crippen molar-refractivity contribution in [3.63, 3.8) is 0 Å². The quantitative estimate of drug-likeness (QED) is 0.759. The molecule has 0 saturated heterocycles. The van der Waals surface area contributed by atoms with E-state index >= 15 is 0 Å². The molecular formula is C11H11NS. The number of nitrogens with one attached hydrogen (secondary N) is 1. The largest absolute Gasteiger partial charge is 0.355 e. The van der Waals surface area contributed by atoms with Crippen LogP contribution in [0.1, 0.15) is 4.88 Å². The van der Waals surface area contributed by atoms with Crippen LogP contribution < -0.4 is 5.32 Å². The van der Waals surface area contributed by atoms with Crippen molar-refractivity contribution >= 4 is 22.7 Å². The lowest BCUT2D eigenvalue weighted by atomic mass is 10.3. The highest BCUT2D eigenvalue weighted by Crippen LogP contribution is 2.21. The summed E-state index contributed by atoms with van der Waals surface area (Å²) in [6, 6.07) is 12.4. The Hall–Kier alpha value is -1.28. The van der Waals surface area contributed by atoms with Crippen molar-refractivity contribution in [1.29, 1.82) is 0 Å². The second-order valence-corrected chi connectivity index (χ2v) is 4.05. The van der Waals surface area contributed by atoms with Crippen LogP contribution in [0, 0.1) is 6.92 Å². The molecule has 2 heteroatoms. The van der Waals surface area contributed by atoms with E-state index in [1.54, 1.807) is 11.3 Å². The average molecular weight is 190 g/mol. The van der Waals surface area contributed by atoms with Crippen LogP contribution in [0.5, 0.6) is 0 Å². The maximum Gasteiger partial charge on any atom is 0.0495 e. The molecule has 1 N–H and O–H groups in total. The number of hydrogen-bond donors (Lipinski definition) is 1. The van der Waals surface area contributed by atoms with Gasteiger partial charge in [0.1, 0.15) is 0 Å². The summed E-state index contributed by atoms with van der Waals surface area (Å²) in [6.07, 6.45) is 0. The monoisotopic (exact) mass is 190 g/mol. The van der Waals surface area contributed by atoms with Crippen molar-refractivity contribution in [2.75, 3.05) is 5.32 Å². The summed E-state index contributed by atoms with van der Waals surface area (Å²) in [6.45, 7) is 2.11. The van der Waals surface area contributed by atoms with Gasteiger partial charge in [-0.3, -0.25) is 0 Å². The van der Waals surface area contributed by atoms with Crippen molar-refractivity contribution in [2.45, 2.75) is 6.92 Å². The zero-order valence-electron chi connectivity index (χ0n) is 7.45. The Balaban J connectivity index is 2.15. The molecule has 0 saturated carbocycles. The van der Waals surface area contributed by atoms with E-state index in [1.807, 2.05) is 18.2 Å². The summed E-state index contributed by atoms with van der Waals surface area (Å²) in [4.78, 5) is 1.33. The molecule has 1 nitrogen and oxygen atoms in total. The highest BCUT2D eigenvalue weighted by molar-refractivity contribution is 7.10. The van der Waals surface area contributed by atoms with Crippen molar-refractivity contribution in [2.24, 2.45) is 0 Å². The van der Waals surface area contributed by atoms with Gasteiger partial charge in [0, 0.05) is 21.6 Å². The van der Waals surface area contributed by atoms with E-state index in [2.05, 4.69) is 35.8 Å². The zero-order chi connectivity index (χ0) is 9.10. The summed E-state index contributed by atoms with van der Waals surface area (Å²) >= 11 is 1.76. The third-order valence-corrected chi connectivity index (χ3v) is 2.65. The Labute approximate surface area is 82.0 Å². The summed E-state index contributed by atoms with van der Waals surface area (Å²) in [7, 11) is 0. The third kappa shape index (κ3) is 2.10. The van der Waals surface area contributed by atoms with Gasteiger partial charge < -0.3 is 5.32 Å².